The minimum absolute atomic E-state index is 0.00874. The molecule has 2 aromatic rings. The summed E-state index contributed by atoms with van der Waals surface area (Å²) in [5.41, 5.74) is 2.32. The van der Waals surface area contributed by atoms with Gasteiger partial charge in [-0.05, 0) is 35.8 Å². The number of aryl methyl sites for hydroxylation is 2. The molecule has 0 spiro atoms. The molecule has 3 heterocycles. The van der Waals surface area contributed by atoms with Gasteiger partial charge in [0.15, 0.2) is 11.4 Å². The van der Waals surface area contributed by atoms with E-state index in [0.717, 1.165) is 35.0 Å². The zero-order valence-corrected chi connectivity index (χ0v) is 28.7. The second-order valence-electron chi connectivity index (χ2n) is 10.1. The highest BCUT2D eigenvalue weighted by Gasteiger charge is 2.52. The van der Waals surface area contributed by atoms with E-state index in [1.54, 1.807) is 30.0 Å². The molecule has 2 aliphatic heterocycles. The summed E-state index contributed by atoms with van der Waals surface area (Å²) in [7, 11) is 0. The summed E-state index contributed by atoms with van der Waals surface area (Å²) in [6, 6.07) is 8.08. The van der Waals surface area contributed by atoms with Crippen LogP contribution in [0.5, 0.6) is 0 Å². The topological polar surface area (TPSA) is 131 Å². The number of nitrogens with one attached hydrogen (secondary N) is 1. The van der Waals surface area contributed by atoms with Crippen molar-refractivity contribution in [3.8, 4) is 0 Å². The number of thioether (sulfide) groups is 4. The number of aromatic nitrogens is 1. The van der Waals surface area contributed by atoms with Crippen molar-refractivity contribution in [2.45, 2.75) is 53.9 Å². The fraction of sp³-hybridized carbons (Fsp3) is 0.414. The molecule has 0 bridgehead atoms. The van der Waals surface area contributed by atoms with Gasteiger partial charge in [0.2, 0.25) is 5.91 Å². The first-order valence-corrected chi connectivity index (χ1v) is 18.8. The molecule has 1 aromatic carbocycles. The lowest BCUT2D eigenvalue weighted by molar-refractivity contribution is -0.710. The Morgan fingerprint density at radius 2 is 1.98 bits per heavy atom. The van der Waals surface area contributed by atoms with Crippen molar-refractivity contribution >= 4 is 94.0 Å². The number of aliphatic carboxylic acids is 2. The van der Waals surface area contributed by atoms with E-state index in [0.29, 0.717) is 38.4 Å². The van der Waals surface area contributed by atoms with Gasteiger partial charge in [0.1, 0.15) is 18.0 Å². The number of carboxylic acid groups (broad SMARTS) is 2. The minimum Gasteiger partial charge on any atom is -0.543 e. The van der Waals surface area contributed by atoms with Crippen molar-refractivity contribution in [2.24, 2.45) is 0 Å². The van der Waals surface area contributed by atoms with E-state index in [4.69, 9.17) is 23.2 Å². The highest BCUT2D eigenvalue weighted by molar-refractivity contribution is 8.01. The molecule has 2 atom stereocenters. The van der Waals surface area contributed by atoms with Gasteiger partial charge in [0, 0.05) is 58.2 Å². The van der Waals surface area contributed by atoms with Gasteiger partial charge in [-0.2, -0.15) is 16.3 Å². The van der Waals surface area contributed by atoms with E-state index in [2.05, 4.69) is 9.88 Å². The van der Waals surface area contributed by atoms with Crippen LogP contribution in [0, 0.1) is 6.92 Å². The molecule has 236 valence electrons. The zero-order valence-electron chi connectivity index (χ0n) is 24.0. The molecule has 2 amide bonds. The van der Waals surface area contributed by atoms with Gasteiger partial charge in [0.25, 0.3) is 5.91 Å². The Bertz CT molecular complexity index is 1490. The smallest absolute Gasteiger partial charge is 0.303 e. The zero-order chi connectivity index (χ0) is 32.0. The number of carboxylic acids is 2. The largest absolute Gasteiger partial charge is 0.543 e. The van der Waals surface area contributed by atoms with Crippen molar-refractivity contribution in [2.75, 3.05) is 29.3 Å². The maximum Gasteiger partial charge on any atom is 0.303 e. The fourth-order valence-corrected chi connectivity index (χ4v) is 9.16. The maximum absolute atomic E-state index is 13.1. The van der Waals surface area contributed by atoms with Gasteiger partial charge in [-0.3, -0.25) is 19.3 Å². The molecule has 1 aromatic heterocycles. The molecule has 2 N–H and O–H groups in total. The Morgan fingerprint density at radius 1 is 1.20 bits per heavy atom. The fourth-order valence-electron chi connectivity index (χ4n) is 4.91. The predicted molar refractivity (Wildman–Crippen MR) is 175 cm³/mol. The number of halogens is 2. The average Bonchev–Trinajstić information content (AvgIpc) is 2.98. The van der Waals surface area contributed by atoms with Gasteiger partial charge < -0.3 is 20.3 Å². The quantitative estimate of drug-likeness (QED) is 0.122. The number of β-lactam (4-membered cyclic amide) rings is 1. The van der Waals surface area contributed by atoms with Crippen LogP contribution in [0.2, 0.25) is 10.0 Å². The van der Waals surface area contributed by atoms with E-state index < -0.39 is 29.3 Å². The SMILES string of the molecule is CSCCC[n+]1c(C)cc(SCC2=C(C(=O)[O-])N3C(=O)[C@@H](NC(=O)CSc4cc(Cl)ccc4Cl)[C@H]3SC2)cc1CCC(=O)O. The number of amides is 2. The van der Waals surface area contributed by atoms with Crippen molar-refractivity contribution < 1.29 is 34.0 Å². The lowest BCUT2D eigenvalue weighted by atomic mass is 10.0. The Morgan fingerprint density at radius 3 is 2.68 bits per heavy atom. The third-order valence-corrected chi connectivity index (χ3v) is 11.8. The lowest BCUT2D eigenvalue weighted by Crippen LogP contribution is -2.71. The van der Waals surface area contributed by atoms with Crippen LogP contribution < -0.4 is 15.0 Å². The summed E-state index contributed by atoms with van der Waals surface area (Å²) < 4.78 is 2.14. The third kappa shape index (κ3) is 8.61. The summed E-state index contributed by atoms with van der Waals surface area (Å²) in [5, 5.41) is 24.6. The van der Waals surface area contributed by atoms with Gasteiger partial charge in [-0.15, -0.1) is 35.3 Å². The molecule has 0 aliphatic carbocycles. The second kappa shape index (κ2) is 16.0. The normalized spacial score (nSPS) is 17.7. The Hall–Kier alpha value is -2.03. The highest BCUT2D eigenvalue weighted by Crippen LogP contribution is 2.41. The van der Waals surface area contributed by atoms with E-state index in [-0.39, 0.29) is 23.8 Å². The molecule has 4 rings (SSSR count). The van der Waals surface area contributed by atoms with E-state index in [1.807, 2.05) is 25.3 Å². The van der Waals surface area contributed by atoms with Crippen LogP contribution >= 0.6 is 70.2 Å². The van der Waals surface area contributed by atoms with Crippen LogP contribution in [0.25, 0.3) is 0 Å². The minimum atomic E-state index is -1.44. The van der Waals surface area contributed by atoms with Crippen molar-refractivity contribution in [1.29, 1.82) is 0 Å². The first-order chi connectivity index (χ1) is 21.0. The molecule has 1 saturated heterocycles. The molecule has 44 heavy (non-hydrogen) atoms. The number of hydrogen-bond donors (Lipinski definition) is 2. The van der Waals surface area contributed by atoms with E-state index in [1.165, 1.54) is 40.2 Å². The molecule has 0 saturated carbocycles. The molecule has 2 aliphatic rings. The van der Waals surface area contributed by atoms with Crippen LogP contribution in [0.3, 0.4) is 0 Å². The van der Waals surface area contributed by atoms with Gasteiger partial charge >= 0.3 is 5.97 Å². The Kier molecular flexibility index (Phi) is 12.7. The van der Waals surface area contributed by atoms with Crippen LogP contribution in [-0.2, 0) is 32.1 Å². The molecular weight excluding hydrogens is 686 g/mol. The predicted octanol–water partition coefficient (Wildman–Crippen LogP) is 3.65. The summed E-state index contributed by atoms with van der Waals surface area (Å²) in [6.07, 6.45) is 3.40. The average molecular weight is 717 g/mol. The first-order valence-electron chi connectivity index (χ1n) is 13.6. The number of hydrogen-bond acceptors (Lipinski definition) is 9. The van der Waals surface area contributed by atoms with Crippen LogP contribution in [0.1, 0.15) is 24.2 Å². The van der Waals surface area contributed by atoms with Crippen molar-refractivity contribution in [3.05, 3.63) is 63.0 Å². The molecule has 0 radical (unpaired) electrons. The molecule has 1 fully saturated rings. The first kappa shape index (κ1) is 34.8. The van der Waals surface area contributed by atoms with E-state index >= 15 is 0 Å². The Labute approximate surface area is 282 Å². The summed E-state index contributed by atoms with van der Waals surface area (Å²) in [5.74, 6) is -1.51. The number of benzene rings is 1. The summed E-state index contributed by atoms with van der Waals surface area (Å²) in [4.78, 5) is 52.0. The number of nitrogens with zero attached hydrogens (tertiary/aromatic N) is 2. The third-order valence-electron chi connectivity index (χ3n) is 6.98. The number of carbonyl (C=O) groups excluding carboxylic acids is 3. The van der Waals surface area contributed by atoms with Crippen LogP contribution in [0.4, 0.5) is 0 Å². The van der Waals surface area contributed by atoms with Crippen LogP contribution in [0.15, 0.2) is 51.4 Å². The molecule has 15 heteroatoms. The van der Waals surface area contributed by atoms with Gasteiger partial charge in [-0.1, -0.05) is 23.2 Å². The van der Waals surface area contributed by atoms with Crippen LogP contribution in [-0.4, -0.2) is 74.4 Å². The highest BCUT2D eigenvalue weighted by atomic mass is 35.5. The van der Waals surface area contributed by atoms with Gasteiger partial charge in [-0.25, -0.2) is 0 Å². The maximum atomic E-state index is 13.1. The van der Waals surface area contributed by atoms with Gasteiger partial charge in [0.05, 0.1) is 28.9 Å². The monoisotopic (exact) mass is 715 g/mol. The van der Waals surface area contributed by atoms with E-state index in [9.17, 15) is 29.4 Å². The van der Waals surface area contributed by atoms with Crippen molar-refractivity contribution in [3.63, 3.8) is 0 Å². The van der Waals surface area contributed by atoms with Crippen molar-refractivity contribution in [1.82, 2.24) is 10.2 Å². The standard InChI is InChI=1S/C29H31Cl2N3O6S4/c1-16-10-20(12-19(5-7-24(36)37)33(16)8-3-9-41-2)42-13-17-14-44-28-25(27(38)34(28)26(17)29(39)40)32-23(35)15-43-22-11-18(30)4-6-21(22)31/h4,6,10-12,25,28H,3,5,7-9,13-15H2,1-2H3,(H2-,32,35,36,37,39,40)/t25-,28-/m1/s1. The molecule has 9 nitrogen and oxygen atoms in total. The number of pyridine rings is 1. The number of rotatable bonds is 15. The molecule has 0 unspecified atom stereocenters. The Balaban J connectivity index is 1.43. The molecular formula is C29H31Cl2N3O6S4. The number of carbonyl (C=O) groups is 4. The summed E-state index contributed by atoms with van der Waals surface area (Å²) in [6.45, 7) is 2.77. The lowest BCUT2D eigenvalue weighted by Gasteiger charge is -2.50. The number of fused-ring (bicyclic) bond motifs is 1. The summed E-state index contributed by atoms with van der Waals surface area (Å²) >= 11 is 18.0. The second-order valence-corrected chi connectivity index (χ2v) is 15.1.